The summed E-state index contributed by atoms with van der Waals surface area (Å²) >= 11 is 0. The minimum Gasteiger partial charge on any atom is -0.493 e. The Morgan fingerprint density at radius 3 is 2.59 bits per heavy atom. The van der Waals surface area contributed by atoms with Gasteiger partial charge in [0.15, 0.2) is 17.3 Å². The molecule has 4 rings (SSSR count). The number of aromatic nitrogens is 1. The van der Waals surface area contributed by atoms with Crippen LogP contribution in [-0.4, -0.2) is 47.9 Å². The number of carbonyl (C=O) groups excluding carboxylic acids is 2. The second kappa shape index (κ2) is 10.00. The molecule has 1 aliphatic rings. The molecule has 0 bridgehead atoms. The van der Waals surface area contributed by atoms with Gasteiger partial charge in [0, 0.05) is 31.5 Å². The van der Waals surface area contributed by atoms with Crippen LogP contribution in [0.4, 0.5) is 0 Å². The molecule has 3 aromatic rings. The zero-order valence-corrected chi connectivity index (χ0v) is 17.8. The zero-order chi connectivity index (χ0) is 22.3. The standard InChI is InChI=1S/C24H25N3O5/c1-30-20-6-2-3-7-21(20)31-16-19-8-9-22(32-19)24(29)27-13-10-18(11-14-27)26-23(28)17-5-4-12-25-15-17/h2-9,12,15,18H,10-11,13-14,16H2,1H3,(H,26,28). The average molecular weight is 435 g/mol. The van der Waals surface area contributed by atoms with E-state index in [0.29, 0.717) is 48.8 Å². The molecule has 1 fully saturated rings. The van der Waals surface area contributed by atoms with E-state index in [2.05, 4.69) is 10.3 Å². The Morgan fingerprint density at radius 2 is 1.88 bits per heavy atom. The highest BCUT2D eigenvalue weighted by atomic mass is 16.5. The predicted octanol–water partition coefficient (Wildman–Crippen LogP) is 3.30. The summed E-state index contributed by atoms with van der Waals surface area (Å²) in [5.74, 6) is 1.77. The van der Waals surface area contributed by atoms with Crippen LogP contribution < -0.4 is 14.8 Å². The molecule has 0 unspecified atom stereocenters. The third kappa shape index (κ3) is 5.08. The number of pyridine rings is 1. The normalized spacial score (nSPS) is 14.1. The highest BCUT2D eigenvalue weighted by Gasteiger charge is 2.26. The first-order chi connectivity index (χ1) is 15.6. The second-order valence-corrected chi connectivity index (χ2v) is 7.49. The van der Waals surface area contributed by atoms with Gasteiger partial charge in [-0.3, -0.25) is 14.6 Å². The van der Waals surface area contributed by atoms with Crippen molar-refractivity contribution < 1.29 is 23.5 Å². The summed E-state index contributed by atoms with van der Waals surface area (Å²) in [7, 11) is 1.58. The van der Waals surface area contributed by atoms with E-state index < -0.39 is 0 Å². The Balaban J connectivity index is 1.27. The Labute approximate surface area is 186 Å². The third-order valence-electron chi connectivity index (χ3n) is 5.35. The number of carbonyl (C=O) groups is 2. The van der Waals surface area contributed by atoms with Crippen molar-refractivity contribution in [1.29, 1.82) is 0 Å². The predicted molar refractivity (Wildman–Crippen MR) is 117 cm³/mol. The van der Waals surface area contributed by atoms with E-state index in [9.17, 15) is 9.59 Å². The van der Waals surface area contributed by atoms with Gasteiger partial charge >= 0.3 is 0 Å². The molecule has 1 aliphatic heterocycles. The summed E-state index contributed by atoms with van der Waals surface area (Å²) in [6, 6.07) is 14.2. The molecule has 0 atom stereocenters. The van der Waals surface area contributed by atoms with Crippen molar-refractivity contribution in [2.45, 2.75) is 25.5 Å². The lowest BCUT2D eigenvalue weighted by Gasteiger charge is -2.31. The van der Waals surface area contributed by atoms with Crippen LogP contribution in [0.3, 0.4) is 0 Å². The zero-order valence-electron chi connectivity index (χ0n) is 17.8. The summed E-state index contributed by atoms with van der Waals surface area (Å²) in [6.45, 7) is 1.28. The van der Waals surface area contributed by atoms with Gasteiger partial charge in [-0.1, -0.05) is 12.1 Å². The molecule has 2 aromatic heterocycles. The molecule has 8 heteroatoms. The van der Waals surface area contributed by atoms with Gasteiger partial charge in [0.2, 0.25) is 0 Å². The summed E-state index contributed by atoms with van der Waals surface area (Å²) in [4.78, 5) is 30.8. The van der Waals surface area contributed by atoms with E-state index >= 15 is 0 Å². The number of hydrogen-bond donors (Lipinski definition) is 1. The topological polar surface area (TPSA) is 93.9 Å². The maximum absolute atomic E-state index is 12.8. The first kappa shape index (κ1) is 21.4. The third-order valence-corrected chi connectivity index (χ3v) is 5.35. The number of nitrogens with one attached hydrogen (secondary N) is 1. The van der Waals surface area contributed by atoms with Gasteiger partial charge in [0.05, 0.1) is 12.7 Å². The minimum absolute atomic E-state index is 0.0215. The molecule has 0 saturated carbocycles. The molecule has 1 saturated heterocycles. The molecule has 0 spiro atoms. The summed E-state index contributed by atoms with van der Waals surface area (Å²) < 4.78 is 16.7. The van der Waals surface area contributed by atoms with Gasteiger partial charge in [-0.2, -0.15) is 0 Å². The van der Waals surface area contributed by atoms with Gasteiger partial charge in [0.25, 0.3) is 11.8 Å². The van der Waals surface area contributed by atoms with E-state index in [1.807, 2.05) is 24.3 Å². The number of ether oxygens (including phenoxy) is 2. The lowest BCUT2D eigenvalue weighted by molar-refractivity contribution is 0.0663. The Kier molecular flexibility index (Phi) is 6.69. The van der Waals surface area contributed by atoms with Gasteiger partial charge < -0.3 is 24.1 Å². The fourth-order valence-corrected chi connectivity index (χ4v) is 3.61. The number of para-hydroxylation sites is 2. The maximum Gasteiger partial charge on any atom is 0.289 e. The van der Waals surface area contributed by atoms with Crippen LogP contribution in [0, 0.1) is 0 Å². The molecule has 2 amide bonds. The largest absolute Gasteiger partial charge is 0.493 e. The van der Waals surface area contributed by atoms with Gasteiger partial charge in [-0.05, 0) is 49.2 Å². The first-order valence-electron chi connectivity index (χ1n) is 10.5. The lowest BCUT2D eigenvalue weighted by Crippen LogP contribution is -2.46. The summed E-state index contributed by atoms with van der Waals surface area (Å²) in [5, 5.41) is 3.01. The average Bonchev–Trinajstić information content (AvgIpc) is 3.32. The highest BCUT2D eigenvalue weighted by molar-refractivity contribution is 5.94. The number of hydrogen-bond acceptors (Lipinski definition) is 6. The van der Waals surface area contributed by atoms with Crippen molar-refractivity contribution in [3.8, 4) is 11.5 Å². The van der Waals surface area contributed by atoms with Gasteiger partial charge in [-0.25, -0.2) is 0 Å². The molecule has 8 nitrogen and oxygen atoms in total. The number of likely N-dealkylation sites (tertiary alicyclic amines) is 1. The van der Waals surface area contributed by atoms with Crippen molar-refractivity contribution in [3.63, 3.8) is 0 Å². The van der Waals surface area contributed by atoms with Gasteiger partial charge in [-0.15, -0.1) is 0 Å². The van der Waals surface area contributed by atoms with Crippen LogP contribution in [0.2, 0.25) is 0 Å². The number of furan rings is 1. The number of piperidine rings is 1. The molecule has 0 radical (unpaired) electrons. The number of amides is 2. The fraction of sp³-hybridized carbons (Fsp3) is 0.292. The number of benzene rings is 1. The first-order valence-corrected chi connectivity index (χ1v) is 10.5. The van der Waals surface area contributed by atoms with Crippen LogP contribution in [0.25, 0.3) is 0 Å². The monoisotopic (exact) mass is 435 g/mol. The SMILES string of the molecule is COc1ccccc1OCc1ccc(C(=O)N2CCC(NC(=O)c3cccnc3)CC2)o1. The van der Waals surface area contributed by atoms with Crippen LogP contribution in [0.5, 0.6) is 11.5 Å². The van der Waals surface area contributed by atoms with Crippen molar-refractivity contribution in [2.24, 2.45) is 0 Å². The second-order valence-electron chi connectivity index (χ2n) is 7.49. The molecular weight excluding hydrogens is 410 g/mol. The quantitative estimate of drug-likeness (QED) is 0.612. The number of rotatable bonds is 7. The lowest BCUT2D eigenvalue weighted by atomic mass is 10.0. The molecule has 32 heavy (non-hydrogen) atoms. The van der Waals surface area contributed by atoms with Crippen molar-refractivity contribution in [1.82, 2.24) is 15.2 Å². The maximum atomic E-state index is 12.8. The highest BCUT2D eigenvalue weighted by Crippen LogP contribution is 2.27. The van der Waals surface area contributed by atoms with Crippen LogP contribution in [0.15, 0.2) is 65.3 Å². The summed E-state index contributed by atoms with van der Waals surface area (Å²) in [6.07, 6.45) is 4.54. The smallest absolute Gasteiger partial charge is 0.289 e. The molecule has 1 N–H and O–H groups in total. The Morgan fingerprint density at radius 1 is 1.09 bits per heavy atom. The fourth-order valence-electron chi connectivity index (χ4n) is 3.61. The van der Waals surface area contributed by atoms with Gasteiger partial charge in [0.1, 0.15) is 12.4 Å². The van der Waals surface area contributed by atoms with E-state index in [0.717, 1.165) is 0 Å². The minimum atomic E-state index is -0.162. The van der Waals surface area contributed by atoms with Crippen molar-refractivity contribution in [2.75, 3.05) is 20.2 Å². The molecule has 166 valence electrons. The van der Waals surface area contributed by atoms with Crippen LogP contribution in [0.1, 0.15) is 39.5 Å². The van der Waals surface area contributed by atoms with E-state index in [1.165, 1.54) is 0 Å². The molecule has 1 aromatic carbocycles. The van der Waals surface area contributed by atoms with E-state index in [1.54, 1.807) is 48.7 Å². The van der Waals surface area contributed by atoms with Crippen molar-refractivity contribution >= 4 is 11.8 Å². The van der Waals surface area contributed by atoms with E-state index in [4.69, 9.17) is 13.9 Å². The Hall–Kier alpha value is -3.81. The summed E-state index contributed by atoms with van der Waals surface area (Å²) in [5.41, 5.74) is 0.532. The number of nitrogens with zero attached hydrogens (tertiary/aromatic N) is 2. The molecule has 3 heterocycles. The number of methoxy groups -OCH3 is 1. The molecular formula is C24H25N3O5. The van der Waals surface area contributed by atoms with E-state index in [-0.39, 0.29) is 30.2 Å². The Bertz CT molecular complexity index is 1060. The van der Waals surface area contributed by atoms with Crippen LogP contribution in [-0.2, 0) is 6.61 Å². The van der Waals surface area contributed by atoms with Crippen molar-refractivity contribution in [3.05, 3.63) is 78.0 Å². The van der Waals surface area contributed by atoms with Crippen LogP contribution >= 0.6 is 0 Å². The molecule has 0 aliphatic carbocycles.